The van der Waals surface area contributed by atoms with Gasteiger partial charge in [0, 0.05) is 19.0 Å². The summed E-state index contributed by atoms with van der Waals surface area (Å²) in [5.41, 5.74) is 3.57. The number of nitrogens with zero attached hydrogens (tertiary/aromatic N) is 1. The molecule has 1 aromatic carbocycles. The van der Waals surface area contributed by atoms with Crippen molar-refractivity contribution in [1.29, 1.82) is 0 Å². The first-order valence-corrected chi connectivity index (χ1v) is 6.51. The number of aryl methyl sites for hydroxylation is 2. The third kappa shape index (κ3) is 4.04. The lowest BCUT2D eigenvalue weighted by atomic mass is 10.0. The summed E-state index contributed by atoms with van der Waals surface area (Å²) in [7, 11) is 0. The van der Waals surface area contributed by atoms with Crippen molar-refractivity contribution in [2.45, 2.75) is 27.2 Å². The molecule has 0 aliphatic carbocycles. The molecule has 1 rings (SSSR count). The molecule has 1 amide bonds. The quantitative estimate of drug-likeness (QED) is 0.739. The summed E-state index contributed by atoms with van der Waals surface area (Å²) < 4.78 is 0. The van der Waals surface area contributed by atoms with E-state index >= 15 is 0 Å². The molecule has 0 radical (unpaired) electrons. The first kappa shape index (κ1) is 14.0. The summed E-state index contributed by atoms with van der Waals surface area (Å²) in [4.78, 5) is 13.8. The molecule has 0 saturated heterocycles. The van der Waals surface area contributed by atoms with Gasteiger partial charge in [-0.1, -0.05) is 18.2 Å². The zero-order valence-electron chi connectivity index (χ0n) is 10.8. The predicted octanol–water partition coefficient (Wildman–Crippen LogP) is 2.93. The number of rotatable bonds is 5. The highest BCUT2D eigenvalue weighted by Gasteiger charge is 2.11. The van der Waals surface area contributed by atoms with Crippen molar-refractivity contribution < 1.29 is 4.79 Å². The molecule has 3 heteroatoms. The van der Waals surface area contributed by atoms with Crippen LogP contribution in [0.4, 0.5) is 0 Å². The fraction of sp³-hybridized carbons (Fsp3) is 0.500. The van der Waals surface area contributed by atoms with E-state index in [2.05, 4.69) is 26.0 Å². The van der Waals surface area contributed by atoms with Gasteiger partial charge in [0.2, 0.25) is 5.91 Å². The van der Waals surface area contributed by atoms with Gasteiger partial charge in [0.05, 0.1) is 6.42 Å². The first-order chi connectivity index (χ1) is 8.08. The van der Waals surface area contributed by atoms with Gasteiger partial charge in [0.1, 0.15) is 0 Å². The van der Waals surface area contributed by atoms with Gasteiger partial charge < -0.3 is 4.90 Å². The Bertz CT molecular complexity index is 390. The number of carbonyl (C=O) groups excluding carboxylic acids is 1. The van der Waals surface area contributed by atoms with Crippen LogP contribution in [0.3, 0.4) is 0 Å². The van der Waals surface area contributed by atoms with Crippen LogP contribution in [-0.4, -0.2) is 29.8 Å². The molecule has 94 valence electrons. The van der Waals surface area contributed by atoms with Gasteiger partial charge in [-0.2, -0.15) is 0 Å². The maximum atomic E-state index is 12.0. The van der Waals surface area contributed by atoms with Gasteiger partial charge >= 0.3 is 0 Å². The number of hydrogen-bond acceptors (Lipinski definition) is 1. The van der Waals surface area contributed by atoms with Crippen LogP contribution in [0, 0.1) is 13.8 Å². The number of alkyl halides is 1. The van der Waals surface area contributed by atoms with Crippen molar-refractivity contribution >= 4 is 17.5 Å². The van der Waals surface area contributed by atoms with Crippen LogP contribution < -0.4 is 0 Å². The highest BCUT2D eigenvalue weighted by molar-refractivity contribution is 6.18. The number of halogens is 1. The Hall–Kier alpha value is -1.02. The molecule has 0 spiro atoms. The molecule has 0 atom stereocenters. The van der Waals surface area contributed by atoms with E-state index < -0.39 is 0 Å². The summed E-state index contributed by atoms with van der Waals surface area (Å²) in [6, 6.07) is 6.17. The van der Waals surface area contributed by atoms with Crippen molar-refractivity contribution in [1.82, 2.24) is 4.90 Å². The number of hydrogen-bond donors (Lipinski definition) is 0. The van der Waals surface area contributed by atoms with E-state index in [0.717, 1.165) is 12.1 Å². The molecule has 0 unspecified atom stereocenters. The Morgan fingerprint density at radius 1 is 1.29 bits per heavy atom. The third-order valence-corrected chi connectivity index (χ3v) is 3.18. The van der Waals surface area contributed by atoms with Crippen LogP contribution in [0.25, 0.3) is 0 Å². The minimum atomic E-state index is 0.149. The molecule has 0 fully saturated rings. The van der Waals surface area contributed by atoms with E-state index in [1.807, 2.05) is 13.0 Å². The normalized spacial score (nSPS) is 10.4. The molecule has 0 aliphatic heterocycles. The van der Waals surface area contributed by atoms with E-state index in [9.17, 15) is 4.79 Å². The molecular formula is C14H20ClNO. The summed E-state index contributed by atoms with van der Waals surface area (Å²) in [5.74, 6) is 0.642. The van der Waals surface area contributed by atoms with Gasteiger partial charge in [-0.25, -0.2) is 0 Å². The van der Waals surface area contributed by atoms with Crippen molar-refractivity contribution in [2.24, 2.45) is 0 Å². The topological polar surface area (TPSA) is 20.3 Å². The highest BCUT2D eigenvalue weighted by atomic mass is 35.5. The van der Waals surface area contributed by atoms with Gasteiger partial charge in [-0.15, -0.1) is 11.6 Å². The molecular weight excluding hydrogens is 234 g/mol. The molecule has 0 aromatic heterocycles. The maximum absolute atomic E-state index is 12.0. The molecule has 0 N–H and O–H groups in total. The second-order valence-corrected chi connectivity index (χ2v) is 4.64. The fourth-order valence-corrected chi connectivity index (χ4v) is 1.97. The minimum Gasteiger partial charge on any atom is -0.341 e. The zero-order chi connectivity index (χ0) is 12.8. The Balaban J connectivity index is 2.69. The Kier molecular flexibility index (Phi) is 5.49. The number of likely N-dealkylation sites (N-methyl/N-ethyl adjacent to an activating group) is 1. The summed E-state index contributed by atoms with van der Waals surface area (Å²) in [6.45, 7) is 7.47. The number of carbonyl (C=O) groups is 1. The Labute approximate surface area is 109 Å². The van der Waals surface area contributed by atoms with Crippen molar-refractivity contribution in [3.63, 3.8) is 0 Å². The molecule has 0 heterocycles. The monoisotopic (exact) mass is 253 g/mol. The van der Waals surface area contributed by atoms with E-state index in [0.29, 0.717) is 18.8 Å². The molecule has 2 nitrogen and oxygen atoms in total. The van der Waals surface area contributed by atoms with E-state index in [-0.39, 0.29) is 5.91 Å². The third-order valence-electron chi connectivity index (χ3n) is 3.02. The first-order valence-electron chi connectivity index (χ1n) is 5.98. The molecule has 1 aromatic rings. The predicted molar refractivity (Wildman–Crippen MR) is 72.6 cm³/mol. The number of amides is 1. The van der Waals surface area contributed by atoms with Gasteiger partial charge in [-0.3, -0.25) is 4.79 Å². The summed E-state index contributed by atoms with van der Waals surface area (Å²) in [5, 5.41) is 0. The maximum Gasteiger partial charge on any atom is 0.227 e. The van der Waals surface area contributed by atoms with E-state index in [1.54, 1.807) is 4.90 Å². The Morgan fingerprint density at radius 3 is 2.53 bits per heavy atom. The second-order valence-electron chi connectivity index (χ2n) is 4.26. The van der Waals surface area contributed by atoms with Gasteiger partial charge in [0.25, 0.3) is 0 Å². The van der Waals surface area contributed by atoms with E-state index in [4.69, 9.17) is 11.6 Å². The molecule has 0 bridgehead atoms. The fourth-order valence-electron chi connectivity index (χ4n) is 1.76. The SMILES string of the molecule is CCN(CCCl)C(=O)Cc1ccc(C)c(C)c1. The van der Waals surface area contributed by atoms with Crippen LogP contribution in [0.1, 0.15) is 23.6 Å². The zero-order valence-corrected chi connectivity index (χ0v) is 11.5. The van der Waals surface area contributed by atoms with Crippen molar-refractivity contribution in [3.8, 4) is 0 Å². The minimum absolute atomic E-state index is 0.149. The molecule has 17 heavy (non-hydrogen) atoms. The summed E-state index contributed by atoms with van der Waals surface area (Å²) >= 11 is 5.67. The number of benzene rings is 1. The van der Waals surface area contributed by atoms with Crippen LogP contribution in [0.15, 0.2) is 18.2 Å². The molecule has 0 saturated carbocycles. The Morgan fingerprint density at radius 2 is 2.00 bits per heavy atom. The van der Waals surface area contributed by atoms with Crippen molar-refractivity contribution in [3.05, 3.63) is 34.9 Å². The standard InChI is InChI=1S/C14H20ClNO/c1-4-16(8-7-15)14(17)10-13-6-5-11(2)12(3)9-13/h5-6,9H,4,7-8,10H2,1-3H3. The van der Waals surface area contributed by atoms with E-state index in [1.165, 1.54) is 11.1 Å². The lowest BCUT2D eigenvalue weighted by Crippen LogP contribution is -2.33. The van der Waals surface area contributed by atoms with Crippen LogP contribution in [0.2, 0.25) is 0 Å². The van der Waals surface area contributed by atoms with Crippen LogP contribution in [0.5, 0.6) is 0 Å². The van der Waals surface area contributed by atoms with Gasteiger partial charge in [0.15, 0.2) is 0 Å². The molecule has 0 aliphatic rings. The van der Waals surface area contributed by atoms with Gasteiger partial charge in [-0.05, 0) is 37.5 Å². The average molecular weight is 254 g/mol. The smallest absolute Gasteiger partial charge is 0.227 e. The largest absolute Gasteiger partial charge is 0.341 e. The highest BCUT2D eigenvalue weighted by Crippen LogP contribution is 2.11. The van der Waals surface area contributed by atoms with Crippen LogP contribution >= 0.6 is 11.6 Å². The second kappa shape index (κ2) is 6.65. The average Bonchev–Trinajstić information content (AvgIpc) is 2.30. The lowest BCUT2D eigenvalue weighted by Gasteiger charge is -2.19. The van der Waals surface area contributed by atoms with Crippen LogP contribution in [-0.2, 0) is 11.2 Å². The van der Waals surface area contributed by atoms with Crippen molar-refractivity contribution in [2.75, 3.05) is 19.0 Å². The lowest BCUT2D eigenvalue weighted by molar-refractivity contribution is -0.130. The summed E-state index contributed by atoms with van der Waals surface area (Å²) in [6.07, 6.45) is 0.464.